The number of halogens is 3. The molecule has 22 heteroatoms. The molecule has 0 radical (unpaired) electrons. The average Bonchev–Trinajstić information content (AvgIpc) is 3.70. The van der Waals surface area contributed by atoms with Gasteiger partial charge in [-0.1, -0.05) is 60.1 Å². The number of carboxylic acids is 2. The molecule has 6 atom stereocenters. The van der Waals surface area contributed by atoms with Crippen LogP contribution < -0.4 is 37.8 Å². The molecule has 1 fully saturated rings. The van der Waals surface area contributed by atoms with E-state index in [1.54, 1.807) is 32.9 Å². The van der Waals surface area contributed by atoms with Crippen LogP contribution in [0.4, 0.5) is 13.2 Å². The van der Waals surface area contributed by atoms with E-state index in [1.807, 2.05) is 20.8 Å². The van der Waals surface area contributed by atoms with Crippen molar-refractivity contribution in [3.05, 3.63) is 29.8 Å². The minimum absolute atomic E-state index is 0.00701. The second-order valence-electron chi connectivity index (χ2n) is 19.5. The standard InChI is InChI=1S/C43H73N9O8.C2HF3O2/c1-27(2)25-33(41(59)60)49-39(57)35(43(4,5)6)50-37(55)32(26-29-18-20-30(53)21-19-29)48-38(56)34-17-14-23-51(34)40(58)31(16-13-22-46-42(44)45)47-36(54)28(3)15-11-10-12-24-52(7,8)9;3-2(4,5)1(6)7/h18-21,27-28,31-35H,10-17,22-26H2,1-9H3,(H9-,44,45,46,47,48,49,50,53,54,55,56,57,59,60);(H,6,7)/t28-,31-,32-,33-,34-,35+;/m0./s1. The Labute approximate surface area is 391 Å². The molecule has 2 rings (SSSR count). The number of aliphatic carboxylic acids is 2. The van der Waals surface area contributed by atoms with Gasteiger partial charge < -0.3 is 62.2 Å². The Hall–Kier alpha value is -5.67. The first-order chi connectivity index (χ1) is 30.8. The molecule has 1 aromatic carbocycles. The predicted octanol–water partition coefficient (Wildman–Crippen LogP) is 1.30. The van der Waals surface area contributed by atoms with Crippen molar-refractivity contribution in [3.63, 3.8) is 0 Å². The number of amides is 5. The summed E-state index contributed by atoms with van der Waals surface area (Å²) in [6, 6.07) is 0.598. The molecule has 0 saturated carbocycles. The number of phenolic OH excluding ortho intramolecular Hbond substituents is 1. The number of hydrogen-bond donors (Lipinski definition) is 8. The van der Waals surface area contributed by atoms with Gasteiger partial charge in [-0.15, -0.1) is 0 Å². The molecule has 10 N–H and O–H groups in total. The van der Waals surface area contributed by atoms with E-state index >= 15 is 0 Å². The first-order valence-electron chi connectivity index (χ1n) is 22.5. The monoisotopic (exact) mass is 958 g/mol. The lowest BCUT2D eigenvalue weighted by Gasteiger charge is -2.33. The van der Waals surface area contributed by atoms with Crippen LogP contribution in [0.5, 0.6) is 5.75 Å². The number of carbonyl (C=O) groups is 7. The number of benzene rings is 1. The number of carboxylic acid groups (broad SMARTS) is 2. The van der Waals surface area contributed by atoms with Crippen LogP contribution in [0, 0.1) is 17.3 Å². The zero-order valence-corrected chi connectivity index (χ0v) is 40.3. The molecule has 1 aliphatic rings. The van der Waals surface area contributed by atoms with Crippen molar-refractivity contribution < 1.29 is 66.5 Å². The van der Waals surface area contributed by atoms with Crippen molar-refractivity contribution in [1.82, 2.24) is 26.2 Å². The Kier molecular flexibility index (Phi) is 24.1. The number of aromatic hydroxyl groups is 1. The van der Waals surface area contributed by atoms with Gasteiger partial charge in [0.15, 0.2) is 5.96 Å². The minimum atomic E-state index is -5.19. The number of guanidine groups is 1. The zero-order chi connectivity index (χ0) is 51.4. The number of nitrogens with one attached hydrogen (secondary N) is 4. The lowest BCUT2D eigenvalue weighted by atomic mass is 9.85. The van der Waals surface area contributed by atoms with Gasteiger partial charge in [-0.05, 0) is 80.4 Å². The number of aliphatic imine (C=N–C) groups is 1. The summed E-state index contributed by atoms with van der Waals surface area (Å²) < 4.78 is 32.4. The smallest absolute Gasteiger partial charge is 0.430 e. The van der Waals surface area contributed by atoms with E-state index in [0.29, 0.717) is 31.2 Å². The summed E-state index contributed by atoms with van der Waals surface area (Å²) in [7, 11) is 6.43. The van der Waals surface area contributed by atoms with Gasteiger partial charge >= 0.3 is 12.1 Å². The molecule has 0 bridgehead atoms. The van der Waals surface area contributed by atoms with Gasteiger partial charge in [-0.25, -0.2) is 4.79 Å². The van der Waals surface area contributed by atoms with Crippen LogP contribution in [-0.4, -0.2) is 144 Å². The molecule has 380 valence electrons. The number of alkyl halides is 3. The third kappa shape index (κ3) is 23.1. The fourth-order valence-electron chi connectivity index (χ4n) is 7.13. The van der Waals surface area contributed by atoms with E-state index in [2.05, 4.69) is 47.4 Å². The minimum Gasteiger partial charge on any atom is -0.542 e. The van der Waals surface area contributed by atoms with Gasteiger partial charge in [0, 0.05) is 25.4 Å². The second kappa shape index (κ2) is 27.2. The van der Waals surface area contributed by atoms with Crippen LogP contribution in [0.3, 0.4) is 0 Å². The molecule has 0 unspecified atom stereocenters. The van der Waals surface area contributed by atoms with Crippen molar-refractivity contribution in [2.45, 2.75) is 142 Å². The molecule has 1 heterocycles. The summed E-state index contributed by atoms with van der Waals surface area (Å²) in [6.07, 6.45) is -0.0632. The molecule has 0 aliphatic carbocycles. The molecule has 0 spiro atoms. The summed E-state index contributed by atoms with van der Waals surface area (Å²) in [5, 5.41) is 39.6. The van der Waals surface area contributed by atoms with Crippen molar-refractivity contribution in [2.24, 2.45) is 33.7 Å². The first-order valence-corrected chi connectivity index (χ1v) is 22.5. The Morgan fingerprint density at radius 1 is 0.836 bits per heavy atom. The van der Waals surface area contributed by atoms with E-state index in [9.17, 15) is 52.2 Å². The van der Waals surface area contributed by atoms with E-state index in [4.69, 9.17) is 21.4 Å². The lowest BCUT2D eigenvalue weighted by molar-refractivity contribution is -0.870. The average molecular weight is 958 g/mol. The molecule has 1 aromatic rings. The maximum atomic E-state index is 14.3. The van der Waals surface area contributed by atoms with Gasteiger partial charge in [0.1, 0.15) is 41.9 Å². The highest BCUT2D eigenvalue weighted by atomic mass is 19.4. The van der Waals surface area contributed by atoms with Crippen LogP contribution in [0.1, 0.15) is 105 Å². The van der Waals surface area contributed by atoms with Crippen molar-refractivity contribution in [1.29, 1.82) is 0 Å². The van der Waals surface area contributed by atoms with Crippen molar-refractivity contribution >= 4 is 47.4 Å². The SMILES string of the molecule is CC(C)C[C@H](NC(=O)[C@@H](NC(=O)[C@H](Cc1ccc(O)cc1)NC(=O)[C@@H]1CCCN1C(=O)[C@H](CCCN=C(N)N)NC(=O)[C@@H](C)CCCCC[N+](C)(C)C)C(C)(C)C)C(=O)O.O=C([O-])C(F)(F)F. The van der Waals surface area contributed by atoms with Crippen LogP contribution >= 0.6 is 0 Å². The van der Waals surface area contributed by atoms with Crippen molar-refractivity contribution in [2.75, 3.05) is 40.8 Å². The van der Waals surface area contributed by atoms with Gasteiger partial charge in [-0.2, -0.15) is 13.2 Å². The van der Waals surface area contributed by atoms with E-state index < -0.39 is 77.4 Å². The summed E-state index contributed by atoms with van der Waals surface area (Å²) in [5.74, 6) is -7.33. The first kappa shape index (κ1) is 59.3. The Balaban J connectivity index is 0.00000295. The number of nitrogens with zero attached hydrogens (tertiary/aromatic N) is 3. The largest absolute Gasteiger partial charge is 0.542 e. The highest BCUT2D eigenvalue weighted by molar-refractivity contribution is 5.96. The van der Waals surface area contributed by atoms with Gasteiger partial charge in [-0.3, -0.25) is 29.0 Å². The zero-order valence-electron chi connectivity index (χ0n) is 40.3. The third-order valence-electron chi connectivity index (χ3n) is 10.8. The summed E-state index contributed by atoms with van der Waals surface area (Å²) in [5.41, 5.74) is 10.8. The number of unbranched alkanes of at least 4 members (excludes halogenated alkanes) is 2. The van der Waals surface area contributed by atoms with Gasteiger partial charge in [0.05, 0.1) is 27.7 Å². The fourth-order valence-corrected chi connectivity index (χ4v) is 7.13. The van der Waals surface area contributed by atoms with Gasteiger partial charge in [0.25, 0.3) is 0 Å². The topological polar surface area (TPSA) is 299 Å². The van der Waals surface area contributed by atoms with Crippen molar-refractivity contribution in [3.8, 4) is 5.75 Å². The highest BCUT2D eigenvalue weighted by Gasteiger charge is 2.41. The maximum absolute atomic E-state index is 14.3. The molecule has 0 aromatic heterocycles. The molecule has 1 saturated heterocycles. The molecular weight excluding hydrogens is 884 g/mol. The quantitative estimate of drug-likeness (QED) is 0.0315. The Morgan fingerprint density at radius 3 is 1.93 bits per heavy atom. The third-order valence-corrected chi connectivity index (χ3v) is 10.8. The summed E-state index contributed by atoms with van der Waals surface area (Å²) >= 11 is 0. The number of nitrogens with two attached hydrogens (primary N) is 2. The van der Waals surface area contributed by atoms with Crippen LogP contribution in [-0.2, 0) is 40.0 Å². The fraction of sp³-hybridized carbons (Fsp3) is 0.689. The van der Waals surface area contributed by atoms with E-state index in [-0.39, 0.29) is 61.8 Å². The van der Waals surface area contributed by atoms with Crippen LogP contribution in [0.2, 0.25) is 0 Å². The Bertz CT molecular complexity index is 1830. The maximum Gasteiger partial charge on any atom is 0.430 e. The summed E-state index contributed by atoms with van der Waals surface area (Å²) in [6.45, 7) is 12.2. The number of likely N-dealkylation sites (tertiary alicyclic amines) is 1. The second-order valence-corrected chi connectivity index (χ2v) is 19.5. The Morgan fingerprint density at radius 2 is 1.42 bits per heavy atom. The molecule has 5 amide bonds. The number of rotatable bonds is 24. The van der Waals surface area contributed by atoms with Crippen LogP contribution in [0.15, 0.2) is 29.3 Å². The number of quaternary nitrogens is 1. The summed E-state index contributed by atoms with van der Waals surface area (Å²) in [4.78, 5) is 95.9. The normalized spacial score (nSPS) is 16.3. The number of carbonyl (C=O) groups excluding carboxylic acids is 6. The molecule has 1 aliphatic heterocycles. The van der Waals surface area contributed by atoms with Crippen LogP contribution in [0.25, 0.3) is 0 Å². The predicted molar refractivity (Wildman–Crippen MR) is 242 cm³/mol. The van der Waals surface area contributed by atoms with Gasteiger partial charge in [0.2, 0.25) is 29.5 Å². The molecule has 67 heavy (non-hydrogen) atoms. The molecular formula is C45H74F3N9O10. The number of hydrogen-bond acceptors (Lipinski definition) is 10. The molecule has 19 nitrogen and oxygen atoms in total. The number of phenols is 1. The lowest BCUT2D eigenvalue weighted by Crippen LogP contribution is -2.61. The highest BCUT2D eigenvalue weighted by Crippen LogP contribution is 2.23. The van der Waals surface area contributed by atoms with E-state index in [1.165, 1.54) is 17.0 Å². The van der Waals surface area contributed by atoms with E-state index in [0.717, 1.165) is 30.3 Å².